The van der Waals surface area contributed by atoms with E-state index in [-0.39, 0.29) is 24.0 Å². The van der Waals surface area contributed by atoms with Gasteiger partial charge in [0.15, 0.2) is 0 Å². The first kappa shape index (κ1) is 14.8. The summed E-state index contributed by atoms with van der Waals surface area (Å²) in [5.74, 6) is -0.144. The summed E-state index contributed by atoms with van der Waals surface area (Å²) in [4.78, 5) is 28.6. The number of nitrogens with one attached hydrogen (secondary N) is 1. The Morgan fingerprint density at radius 1 is 1.14 bits per heavy atom. The first-order valence-corrected chi connectivity index (χ1v) is 8.02. The van der Waals surface area contributed by atoms with Crippen molar-refractivity contribution in [1.82, 2.24) is 15.1 Å². The molecule has 118 valence electrons. The minimum Gasteiger partial charge on any atom is -0.391 e. The van der Waals surface area contributed by atoms with Crippen LogP contribution in [0.4, 0.5) is 0 Å². The van der Waals surface area contributed by atoms with Gasteiger partial charge in [0.05, 0.1) is 6.10 Å². The topological polar surface area (TPSA) is 72.9 Å². The lowest BCUT2D eigenvalue weighted by atomic mass is 10.0. The van der Waals surface area contributed by atoms with Gasteiger partial charge < -0.3 is 15.3 Å². The molecule has 21 heavy (non-hydrogen) atoms. The number of amides is 2. The number of carbonyl (C=O) groups is 2. The maximum Gasteiger partial charge on any atom is 0.238 e. The third kappa shape index (κ3) is 2.55. The summed E-state index contributed by atoms with van der Waals surface area (Å²) in [6.07, 6.45) is 4.17. The average molecular weight is 295 g/mol. The van der Waals surface area contributed by atoms with Gasteiger partial charge in [-0.15, -0.1) is 0 Å². The maximum absolute atomic E-state index is 12.6. The van der Waals surface area contributed by atoms with E-state index in [0.717, 1.165) is 32.4 Å². The molecule has 3 aliphatic rings. The molecule has 6 nitrogen and oxygen atoms in total. The van der Waals surface area contributed by atoms with Gasteiger partial charge in [-0.1, -0.05) is 0 Å². The second-order valence-electron chi connectivity index (χ2n) is 6.55. The highest BCUT2D eigenvalue weighted by Crippen LogP contribution is 2.47. The summed E-state index contributed by atoms with van der Waals surface area (Å²) in [6, 6.07) is 0.260. The van der Waals surface area contributed by atoms with Gasteiger partial charge in [0.1, 0.15) is 5.41 Å². The van der Waals surface area contributed by atoms with Gasteiger partial charge >= 0.3 is 0 Å². The molecule has 2 aliphatic carbocycles. The van der Waals surface area contributed by atoms with Crippen molar-refractivity contribution in [3.63, 3.8) is 0 Å². The molecule has 2 amide bonds. The fourth-order valence-electron chi connectivity index (χ4n) is 3.81. The summed E-state index contributed by atoms with van der Waals surface area (Å²) in [5.41, 5.74) is -0.774. The highest BCUT2D eigenvalue weighted by atomic mass is 16.3. The Bertz CT molecular complexity index is 428. The molecule has 0 spiro atoms. The maximum atomic E-state index is 12.6. The van der Waals surface area contributed by atoms with Gasteiger partial charge in [0.25, 0.3) is 0 Å². The number of aliphatic hydroxyl groups excluding tert-OH is 1. The Morgan fingerprint density at radius 3 is 2.29 bits per heavy atom. The van der Waals surface area contributed by atoms with Crippen LogP contribution in [0.2, 0.25) is 0 Å². The second-order valence-corrected chi connectivity index (χ2v) is 6.55. The molecular formula is C15H25N3O3. The number of aliphatic hydroxyl groups is 1. The molecule has 0 unspecified atom stereocenters. The van der Waals surface area contributed by atoms with E-state index in [1.165, 1.54) is 0 Å². The lowest BCUT2D eigenvalue weighted by Gasteiger charge is -2.40. The minimum absolute atomic E-state index is 0.00605. The second kappa shape index (κ2) is 5.57. The summed E-state index contributed by atoms with van der Waals surface area (Å²) in [5, 5.41) is 12.6. The van der Waals surface area contributed by atoms with Gasteiger partial charge in [-0.25, -0.2) is 0 Å². The van der Waals surface area contributed by atoms with Crippen LogP contribution < -0.4 is 5.32 Å². The van der Waals surface area contributed by atoms with Crippen molar-refractivity contribution >= 4 is 11.8 Å². The Kier molecular flexibility index (Phi) is 3.92. The van der Waals surface area contributed by atoms with Crippen molar-refractivity contribution in [2.24, 2.45) is 5.41 Å². The molecule has 2 N–H and O–H groups in total. The predicted octanol–water partition coefficient (Wildman–Crippen LogP) is -0.430. The molecule has 0 radical (unpaired) electrons. The van der Waals surface area contributed by atoms with E-state index in [4.69, 9.17) is 0 Å². The predicted molar refractivity (Wildman–Crippen MR) is 77.5 cm³/mol. The fourth-order valence-corrected chi connectivity index (χ4v) is 3.81. The Labute approximate surface area is 125 Å². The van der Waals surface area contributed by atoms with Crippen molar-refractivity contribution < 1.29 is 14.7 Å². The summed E-state index contributed by atoms with van der Waals surface area (Å²) in [6.45, 7) is 2.94. The number of piperazine rings is 1. The first-order valence-electron chi connectivity index (χ1n) is 8.02. The molecule has 1 aliphatic heterocycles. The molecule has 0 bridgehead atoms. The lowest BCUT2D eigenvalue weighted by molar-refractivity contribution is -0.145. The van der Waals surface area contributed by atoms with Gasteiger partial charge in [-0.3, -0.25) is 14.5 Å². The Morgan fingerprint density at radius 2 is 1.81 bits per heavy atom. The average Bonchev–Trinajstić information content (AvgIpc) is 3.22. The molecule has 0 aromatic rings. The van der Waals surface area contributed by atoms with Crippen molar-refractivity contribution in [2.75, 3.05) is 33.2 Å². The van der Waals surface area contributed by atoms with Gasteiger partial charge in [0, 0.05) is 39.3 Å². The van der Waals surface area contributed by atoms with Crippen molar-refractivity contribution in [2.45, 2.75) is 44.2 Å². The lowest BCUT2D eigenvalue weighted by Crippen LogP contribution is -2.56. The van der Waals surface area contributed by atoms with E-state index >= 15 is 0 Å². The van der Waals surface area contributed by atoms with E-state index in [1.54, 1.807) is 7.05 Å². The normalized spacial score (nSPS) is 32.0. The third-order valence-corrected chi connectivity index (χ3v) is 5.34. The zero-order valence-electron chi connectivity index (χ0n) is 12.7. The van der Waals surface area contributed by atoms with E-state index in [9.17, 15) is 14.7 Å². The summed E-state index contributed by atoms with van der Waals surface area (Å²) >= 11 is 0. The molecule has 0 aromatic carbocycles. The summed E-state index contributed by atoms with van der Waals surface area (Å²) in [7, 11) is 1.59. The molecular weight excluding hydrogens is 270 g/mol. The first-order chi connectivity index (χ1) is 10.1. The monoisotopic (exact) mass is 295 g/mol. The van der Waals surface area contributed by atoms with Crippen LogP contribution in [0.25, 0.3) is 0 Å². The van der Waals surface area contributed by atoms with Gasteiger partial charge in [-0.2, -0.15) is 0 Å². The van der Waals surface area contributed by atoms with Crippen LogP contribution in [0.5, 0.6) is 0 Å². The zero-order valence-corrected chi connectivity index (χ0v) is 12.7. The van der Waals surface area contributed by atoms with E-state index in [1.807, 2.05) is 4.90 Å². The number of hydrogen-bond acceptors (Lipinski definition) is 4. The van der Waals surface area contributed by atoms with Crippen LogP contribution >= 0.6 is 0 Å². The summed E-state index contributed by atoms with van der Waals surface area (Å²) < 4.78 is 0. The van der Waals surface area contributed by atoms with Crippen LogP contribution in [-0.4, -0.2) is 72.1 Å². The molecule has 6 heteroatoms. The Hall–Kier alpha value is -1.14. The molecule has 3 fully saturated rings. The van der Waals surface area contributed by atoms with Crippen LogP contribution in [0.1, 0.15) is 32.1 Å². The van der Waals surface area contributed by atoms with Crippen LogP contribution in [0, 0.1) is 5.41 Å². The van der Waals surface area contributed by atoms with Gasteiger partial charge in [-0.05, 0) is 32.1 Å². The Balaban J connectivity index is 1.56. The molecule has 0 aromatic heterocycles. The SMILES string of the molecule is CNC(=O)C1(C(=O)N2CCN([C@@H]3CCC[C@@H]3O)CC2)CC1. The third-order valence-electron chi connectivity index (χ3n) is 5.34. The van der Waals surface area contributed by atoms with Crippen molar-refractivity contribution in [3.8, 4) is 0 Å². The van der Waals surface area contributed by atoms with Crippen molar-refractivity contribution in [3.05, 3.63) is 0 Å². The van der Waals surface area contributed by atoms with Crippen LogP contribution in [0.3, 0.4) is 0 Å². The molecule has 2 atom stereocenters. The highest BCUT2D eigenvalue weighted by molar-refractivity contribution is 6.07. The van der Waals surface area contributed by atoms with E-state index in [2.05, 4.69) is 10.2 Å². The zero-order chi connectivity index (χ0) is 15.0. The van der Waals surface area contributed by atoms with E-state index in [0.29, 0.717) is 25.9 Å². The smallest absolute Gasteiger partial charge is 0.238 e. The largest absolute Gasteiger partial charge is 0.391 e. The standard InChI is InChI=1S/C15H25N3O3/c1-16-13(20)15(5-6-15)14(21)18-9-7-17(8-10-18)11-3-2-4-12(11)19/h11-12,19H,2-10H2,1H3,(H,16,20)/t11-,12+/m1/s1. The molecule has 3 rings (SSSR count). The number of carbonyl (C=O) groups excluding carboxylic acids is 2. The minimum atomic E-state index is -0.774. The molecule has 2 saturated carbocycles. The molecule has 1 heterocycles. The van der Waals surface area contributed by atoms with E-state index < -0.39 is 5.41 Å². The molecule has 1 saturated heterocycles. The van der Waals surface area contributed by atoms with Crippen LogP contribution in [-0.2, 0) is 9.59 Å². The quantitative estimate of drug-likeness (QED) is 0.693. The fraction of sp³-hybridized carbons (Fsp3) is 0.867. The number of hydrogen-bond donors (Lipinski definition) is 2. The van der Waals surface area contributed by atoms with Crippen molar-refractivity contribution in [1.29, 1.82) is 0 Å². The number of rotatable bonds is 3. The van der Waals surface area contributed by atoms with Gasteiger partial charge in [0.2, 0.25) is 11.8 Å². The van der Waals surface area contributed by atoms with Crippen LogP contribution in [0.15, 0.2) is 0 Å². The highest BCUT2D eigenvalue weighted by Gasteiger charge is 2.57. The number of nitrogens with zero attached hydrogens (tertiary/aromatic N) is 2.